The summed E-state index contributed by atoms with van der Waals surface area (Å²) in [7, 11) is 4.72. The maximum Gasteiger partial charge on any atom is 0.0613 e. The number of benzene rings is 2. The molecule has 0 amide bonds. The van der Waals surface area contributed by atoms with Crippen LogP contribution < -0.4 is 20.4 Å². The Bertz CT molecular complexity index is 2360. The molecule has 10 nitrogen and oxygen atoms in total. The number of nitrogens with one attached hydrogen (secondary N) is 2. The molecule has 0 radical (unpaired) electrons. The molecule has 65 heavy (non-hydrogen) atoms. The van der Waals surface area contributed by atoms with Crippen molar-refractivity contribution in [3.8, 4) is 0 Å². The fourth-order valence-corrected chi connectivity index (χ4v) is 14.3. The number of anilines is 2. The van der Waals surface area contributed by atoms with Crippen LogP contribution in [0.3, 0.4) is 0 Å². The van der Waals surface area contributed by atoms with Crippen molar-refractivity contribution < 1.29 is 0 Å². The molecule has 6 aliphatic heterocycles. The van der Waals surface area contributed by atoms with E-state index in [-0.39, 0.29) is 0 Å². The van der Waals surface area contributed by atoms with Crippen LogP contribution in [0.5, 0.6) is 0 Å². The van der Waals surface area contributed by atoms with Crippen molar-refractivity contribution in [1.82, 2.24) is 40.2 Å². The van der Waals surface area contributed by atoms with Crippen LogP contribution in [0.2, 0.25) is 0 Å². The Morgan fingerprint density at radius 1 is 0.631 bits per heavy atom. The summed E-state index contributed by atoms with van der Waals surface area (Å²) in [4.78, 5) is 26.6. The van der Waals surface area contributed by atoms with Gasteiger partial charge in [-0.05, 0) is 167 Å². The molecule has 0 bridgehead atoms. The zero-order chi connectivity index (χ0) is 43.6. The Morgan fingerprint density at radius 2 is 1.31 bits per heavy atom. The Kier molecular flexibility index (Phi) is 11.7. The van der Waals surface area contributed by atoms with Gasteiger partial charge in [-0.15, -0.1) is 0 Å². The summed E-state index contributed by atoms with van der Waals surface area (Å²) in [6, 6.07) is 22.3. The smallest absolute Gasteiger partial charge is 0.0613 e. The summed E-state index contributed by atoms with van der Waals surface area (Å²) in [6.07, 6.45) is 17.6. The maximum absolute atomic E-state index is 5.34. The van der Waals surface area contributed by atoms with Gasteiger partial charge in [-0.2, -0.15) is 0 Å². The minimum Gasteiger partial charge on any atom is -0.368 e. The van der Waals surface area contributed by atoms with Gasteiger partial charge in [-0.25, -0.2) is 0 Å². The number of aromatic nitrogens is 2. The SMILES string of the molecule is Cc1cnc2c(c1)C(c1cc3c(c(N4CCN5CCC[C@H]5C4)c1)C[C@H](CN(C)[C@H]1CCCc4cccnc41)NC3)CC[C@@H]2N(C)C[C@H]1Cc2c(cccc2N2CCN3CCC[C@@H]3C2)CN1. The second kappa shape index (κ2) is 18.0. The summed E-state index contributed by atoms with van der Waals surface area (Å²) >= 11 is 0. The monoisotopic (exact) mass is 875 g/mol. The zero-order valence-corrected chi connectivity index (χ0v) is 39.7. The second-order valence-corrected chi connectivity index (χ2v) is 21.7. The standard InChI is InChI=1S/C55H74N10/c1-37-25-49-46(16-17-52(55(49)59-30-37)61(3)34-42-28-47-39(31-57-42)10-5-14-50(47)64-23-21-62-19-7-12-44(62)35-64)40-26-41-32-58-43(33-60(2)51-15-4-9-38-11-6-18-56-54(38)51)29-48(41)53(27-40)65-24-22-63-20-8-13-45(63)36-65/h5-6,10-11,14,18,25-27,30,42-46,51-52,57-58H,4,7-9,12-13,15-17,19-24,28-29,31-36H2,1-3H3/t42-,43-,44-,45+,46?,51+,52+/m1/s1. The first-order valence-electron chi connectivity index (χ1n) is 25.9. The van der Waals surface area contributed by atoms with Crippen molar-refractivity contribution >= 4 is 11.4 Å². The van der Waals surface area contributed by atoms with Gasteiger partial charge in [-0.1, -0.05) is 30.3 Å². The second-order valence-electron chi connectivity index (χ2n) is 21.7. The third-order valence-corrected chi connectivity index (χ3v) is 17.7. The molecule has 12 rings (SSSR count). The molecule has 10 heteroatoms. The Labute approximate surface area is 389 Å². The Hall–Kier alpha value is -3.90. The van der Waals surface area contributed by atoms with Gasteiger partial charge in [0.25, 0.3) is 0 Å². The summed E-state index contributed by atoms with van der Waals surface area (Å²) in [5, 5.41) is 8.06. The van der Waals surface area contributed by atoms with E-state index in [0.29, 0.717) is 36.1 Å². The predicted octanol–water partition coefficient (Wildman–Crippen LogP) is 6.99. The van der Waals surface area contributed by atoms with Crippen LogP contribution in [0.4, 0.5) is 11.4 Å². The fourth-order valence-electron chi connectivity index (χ4n) is 14.3. The number of piperazine rings is 2. The van der Waals surface area contributed by atoms with Crippen molar-refractivity contribution in [2.24, 2.45) is 0 Å². The molecule has 0 saturated carbocycles. The van der Waals surface area contributed by atoms with Crippen LogP contribution in [0, 0.1) is 6.92 Å². The van der Waals surface area contributed by atoms with Crippen molar-refractivity contribution in [2.45, 2.75) is 133 Å². The highest BCUT2D eigenvalue weighted by Crippen LogP contribution is 2.46. The molecule has 2 aliphatic carbocycles. The van der Waals surface area contributed by atoms with Crippen molar-refractivity contribution in [1.29, 1.82) is 0 Å². The molecule has 4 saturated heterocycles. The van der Waals surface area contributed by atoms with Crippen LogP contribution in [-0.4, -0.2) is 133 Å². The van der Waals surface area contributed by atoms with Gasteiger partial charge in [0.05, 0.1) is 23.5 Å². The normalized spacial score (nSPS) is 29.0. The van der Waals surface area contributed by atoms with Crippen LogP contribution >= 0.6 is 0 Å². The number of fused-ring (bicyclic) bond motifs is 6. The molecular weight excluding hydrogens is 801 g/mol. The van der Waals surface area contributed by atoms with Gasteiger partial charge in [0.1, 0.15) is 0 Å². The van der Waals surface area contributed by atoms with E-state index in [1.165, 1.54) is 127 Å². The van der Waals surface area contributed by atoms with E-state index in [0.717, 1.165) is 84.0 Å². The first-order valence-corrected chi connectivity index (χ1v) is 25.9. The third kappa shape index (κ3) is 8.22. The molecule has 8 aliphatic rings. The molecule has 0 spiro atoms. The highest BCUT2D eigenvalue weighted by Gasteiger charge is 2.38. The first kappa shape index (κ1) is 42.5. The van der Waals surface area contributed by atoms with Crippen LogP contribution in [-0.2, 0) is 32.4 Å². The van der Waals surface area contributed by atoms with Gasteiger partial charge in [0.2, 0.25) is 0 Å². The van der Waals surface area contributed by atoms with Gasteiger partial charge in [0.15, 0.2) is 0 Å². The average Bonchev–Trinajstić information content (AvgIpc) is 4.02. The number of nitrogens with zero attached hydrogens (tertiary/aromatic N) is 8. The number of pyridine rings is 2. The van der Waals surface area contributed by atoms with E-state index in [1.807, 2.05) is 6.20 Å². The van der Waals surface area contributed by atoms with Crippen molar-refractivity contribution in [3.05, 3.63) is 117 Å². The molecule has 2 aromatic heterocycles. The number of aryl methyl sites for hydroxylation is 2. The van der Waals surface area contributed by atoms with Crippen LogP contribution in [0.25, 0.3) is 0 Å². The lowest BCUT2D eigenvalue weighted by Crippen LogP contribution is -2.51. The molecule has 4 fully saturated rings. The molecule has 2 aromatic carbocycles. The topological polar surface area (TPSA) is 69.3 Å². The molecule has 4 aromatic rings. The lowest BCUT2D eigenvalue weighted by Gasteiger charge is -2.43. The van der Waals surface area contributed by atoms with Crippen LogP contribution in [0.15, 0.2) is 60.9 Å². The lowest BCUT2D eigenvalue weighted by atomic mass is 9.76. The Balaban J connectivity index is 0.794. The largest absolute Gasteiger partial charge is 0.368 e. The summed E-state index contributed by atoms with van der Waals surface area (Å²) in [5.74, 6) is 0.351. The van der Waals surface area contributed by atoms with Gasteiger partial charge >= 0.3 is 0 Å². The molecule has 2 N–H and O–H groups in total. The van der Waals surface area contributed by atoms with Crippen molar-refractivity contribution in [3.63, 3.8) is 0 Å². The van der Waals surface area contributed by atoms with Gasteiger partial charge in [0, 0.05) is 119 Å². The summed E-state index contributed by atoms with van der Waals surface area (Å²) < 4.78 is 0. The zero-order valence-electron chi connectivity index (χ0n) is 39.7. The van der Waals surface area contributed by atoms with E-state index >= 15 is 0 Å². The van der Waals surface area contributed by atoms with Gasteiger partial charge in [-0.3, -0.25) is 29.6 Å². The lowest BCUT2D eigenvalue weighted by molar-refractivity contribution is 0.187. The first-order chi connectivity index (χ1) is 31.9. The maximum atomic E-state index is 5.34. The number of likely N-dealkylation sites (N-methyl/N-ethyl adjacent to an activating group) is 2. The van der Waals surface area contributed by atoms with E-state index in [4.69, 9.17) is 9.97 Å². The predicted molar refractivity (Wildman–Crippen MR) is 263 cm³/mol. The molecule has 8 heterocycles. The number of hydrogen-bond acceptors (Lipinski definition) is 10. The minimum atomic E-state index is 0.314. The quantitative estimate of drug-likeness (QED) is 0.184. The summed E-state index contributed by atoms with van der Waals surface area (Å²) in [5.41, 5.74) is 17.5. The van der Waals surface area contributed by atoms with E-state index in [1.54, 1.807) is 11.1 Å². The van der Waals surface area contributed by atoms with E-state index in [2.05, 4.69) is 116 Å². The van der Waals surface area contributed by atoms with Gasteiger partial charge < -0.3 is 20.4 Å². The average molecular weight is 875 g/mol. The third-order valence-electron chi connectivity index (χ3n) is 17.7. The van der Waals surface area contributed by atoms with E-state index in [9.17, 15) is 0 Å². The number of rotatable bonds is 9. The molecule has 7 atom stereocenters. The highest BCUT2D eigenvalue weighted by molar-refractivity contribution is 5.62. The molecular formula is C55H74N10. The fraction of sp³-hybridized carbons (Fsp3) is 0.600. The van der Waals surface area contributed by atoms with Crippen molar-refractivity contribution in [2.75, 3.05) is 89.3 Å². The number of hydrogen-bond donors (Lipinski definition) is 2. The van der Waals surface area contributed by atoms with Crippen LogP contribution in [0.1, 0.15) is 125 Å². The molecule has 344 valence electrons. The highest BCUT2D eigenvalue weighted by atomic mass is 15.3. The van der Waals surface area contributed by atoms with E-state index < -0.39 is 0 Å². The molecule has 1 unspecified atom stereocenters. The minimum absolute atomic E-state index is 0.314. The summed E-state index contributed by atoms with van der Waals surface area (Å²) in [6.45, 7) is 15.8. The Morgan fingerprint density at radius 3 is 2.06 bits per heavy atom.